The summed E-state index contributed by atoms with van der Waals surface area (Å²) < 4.78 is 10.3. The van der Waals surface area contributed by atoms with Crippen molar-refractivity contribution in [2.24, 2.45) is 0 Å². The fourth-order valence-electron chi connectivity index (χ4n) is 2.30. The molecule has 0 spiro atoms. The van der Waals surface area contributed by atoms with E-state index in [1.54, 1.807) is 37.3 Å². The van der Waals surface area contributed by atoms with Gasteiger partial charge in [-0.1, -0.05) is 30.3 Å². The van der Waals surface area contributed by atoms with Crippen molar-refractivity contribution in [1.29, 1.82) is 5.26 Å². The third kappa shape index (κ3) is 6.01. The number of benzene rings is 2. The number of ether oxygens (including phenoxy) is 2. The van der Waals surface area contributed by atoms with Crippen LogP contribution in [-0.4, -0.2) is 25.1 Å². The number of anilines is 1. The first kappa shape index (κ1) is 19.7. The molecule has 0 aliphatic carbocycles. The van der Waals surface area contributed by atoms with E-state index in [0.717, 1.165) is 5.56 Å². The Balaban J connectivity index is 2.18. The molecule has 2 aromatic carbocycles. The van der Waals surface area contributed by atoms with Crippen LogP contribution in [0.5, 0.6) is 5.75 Å². The molecule has 6 nitrogen and oxygen atoms in total. The number of nitriles is 1. The highest BCUT2D eigenvalue weighted by atomic mass is 16.6. The fourth-order valence-corrected chi connectivity index (χ4v) is 2.30. The normalized spacial score (nSPS) is 10.6. The smallest absolute Gasteiger partial charge is 0.344 e. The Morgan fingerprint density at radius 1 is 1.19 bits per heavy atom. The minimum atomic E-state index is -0.525. The summed E-state index contributed by atoms with van der Waals surface area (Å²) >= 11 is 0. The van der Waals surface area contributed by atoms with Crippen molar-refractivity contribution < 1.29 is 19.1 Å². The molecular formula is C21H20N2O4. The number of carbonyl (C=O) groups excluding carboxylic acids is 2. The Kier molecular flexibility index (Phi) is 7.15. The first-order chi connectivity index (χ1) is 13.0. The Hall–Kier alpha value is -3.59. The monoisotopic (exact) mass is 364 g/mol. The lowest BCUT2D eigenvalue weighted by atomic mass is 10.1. The Labute approximate surface area is 158 Å². The maximum absolute atomic E-state index is 12.4. The lowest BCUT2D eigenvalue weighted by Crippen LogP contribution is -2.15. The Morgan fingerprint density at radius 2 is 1.96 bits per heavy atom. The van der Waals surface area contributed by atoms with Gasteiger partial charge in [0.05, 0.1) is 6.61 Å². The zero-order chi connectivity index (χ0) is 19.6. The first-order valence-electron chi connectivity index (χ1n) is 8.40. The van der Waals surface area contributed by atoms with Gasteiger partial charge < -0.3 is 14.8 Å². The highest BCUT2D eigenvalue weighted by Gasteiger charge is 2.12. The van der Waals surface area contributed by atoms with E-state index in [2.05, 4.69) is 5.32 Å². The molecule has 0 aliphatic rings. The summed E-state index contributed by atoms with van der Waals surface area (Å²) in [7, 11) is 0. The van der Waals surface area contributed by atoms with Gasteiger partial charge in [-0.25, -0.2) is 4.79 Å². The standard InChI is InChI=1S/C21H20N2O4/c1-3-26-20(24)14-27-19-10-5-4-8-16(19)12-17(13-22)21(25)23-18-9-6-7-15(2)11-18/h4-12H,3,14H2,1-2H3,(H,23,25)/b17-12+. The van der Waals surface area contributed by atoms with Crippen LogP contribution in [0.3, 0.4) is 0 Å². The zero-order valence-electron chi connectivity index (χ0n) is 15.2. The number of hydrogen-bond donors (Lipinski definition) is 1. The van der Waals surface area contributed by atoms with Crippen LogP contribution < -0.4 is 10.1 Å². The number of aryl methyl sites for hydroxylation is 1. The number of nitrogens with zero attached hydrogens (tertiary/aromatic N) is 1. The molecular weight excluding hydrogens is 344 g/mol. The van der Waals surface area contributed by atoms with E-state index in [0.29, 0.717) is 17.0 Å². The van der Waals surface area contributed by atoms with Crippen molar-refractivity contribution in [3.05, 3.63) is 65.2 Å². The molecule has 0 atom stereocenters. The molecule has 0 aromatic heterocycles. The van der Waals surface area contributed by atoms with Gasteiger partial charge in [-0.2, -0.15) is 5.26 Å². The number of rotatable bonds is 7. The molecule has 0 heterocycles. The molecule has 0 aliphatic heterocycles. The molecule has 27 heavy (non-hydrogen) atoms. The quantitative estimate of drug-likeness (QED) is 0.462. The number of hydrogen-bond acceptors (Lipinski definition) is 5. The summed E-state index contributed by atoms with van der Waals surface area (Å²) in [4.78, 5) is 23.9. The van der Waals surface area contributed by atoms with E-state index in [1.807, 2.05) is 31.2 Å². The van der Waals surface area contributed by atoms with Gasteiger partial charge >= 0.3 is 5.97 Å². The van der Waals surface area contributed by atoms with Crippen LogP contribution in [0, 0.1) is 18.3 Å². The highest BCUT2D eigenvalue weighted by molar-refractivity contribution is 6.09. The first-order valence-corrected chi connectivity index (χ1v) is 8.40. The summed E-state index contributed by atoms with van der Waals surface area (Å²) in [5, 5.41) is 12.1. The lowest BCUT2D eigenvalue weighted by Gasteiger charge is -2.09. The van der Waals surface area contributed by atoms with Gasteiger partial charge in [0.2, 0.25) is 0 Å². The minimum Gasteiger partial charge on any atom is -0.481 e. The number of esters is 1. The van der Waals surface area contributed by atoms with Crippen LogP contribution in [0.2, 0.25) is 0 Å². The summed E-state index contributed by atoms with van der Waals surface area (Å²) in [5.74, 6) is -0.640. The molecule has 2 aromatic rings. The van der Waals surface area contributed by atoms with Crippen molar-refractivity contribution in [3.8, 4) is 11.8 Å². The third-order valence-corrected chi connectivity index (χ3v) is 3.51. The van der Waals surface area contributed by atoms with E-state index in [-0.39, 0.29) is 18.8 Å². The van der Waals surface area contributed by atoms with Gasteiger partial charge in [0.1, 0.15) is 17.4 Å². The number of carbonyl (C=O) groups is 2. The van der Waals surface area contributed by atoms with Crippen LogP contribution >= 0.6 is 0 Å². The van der Waals surface area contributed by atoms with Crippen LogP contribution in [0.1, 0.15) is 18.1 Å². The predicted octanol–water partition coefficient (Wildman–Crippen LogP) is 3.48. The van der Waals surface area contributed by atoms with Crippen LogP contribution in [0.15, 0.2) is 54.1 Å². The van der Waals surface area contributed by atoms with Crippen molar-refractivity contribution >= 4 is 23.6 Å². The fraction of sp³-hybridized carbons (Fsp3) is 0.190. The van der Waals surface area contributed by atoms with E-state index in [9.17, 15) is 14.9 Å². The molecule has 138 valence electrons. The van der Waals surface area contributed by atoms with Crippen molar-refractivity contribution in [2.45, 2.75) is 13.8 Å². The molecule has 0 saturated heterocycles. The Morgan fingerprint density at radius 3 is 2.67 bits per heavy atom. The summed E-state index contributed by atoms with van der Waals surface area (Å²) in [6.07, 6.45) is 1.42. The second kappa shape index (κ2) is 9.78. The van der Waals surface area contributed by atoms with Crippen molar-refractivity contribution in [2.75, 3.05) is 18.5 Å². The Bertz CT molecular complexity index is 897. The zero-order valence-corrected chi connectivity index (χ0v) is 15.2. The van der Waals surface area contributed by atoms with Crippen molar-refractivity contribution in [3.63, 3.8) is 0 Å². The number of nitrogens with one attached hydrogen (secondary N) is 1. The molecule has 0 unspecified atom stereocenters. The summed E-state index contributed by atoms with van der Waals surface area (Å²) in [5.41, 5.74) is 2.03. The second-order valence-electron chi connectivity index (χ2n) is 5.62. The maximum Gasteiger partial charge on any atom is 0.344 e. The van der Waals surface area contributed by atoms with Crippen LogP contribution in [-0.2, 0) is 14.3 Å². The minimum absolute atomic E-state index is 0.0799. The van der Waals surface area contributed by atoms with Gasteiger partial charge in [-0.05, 0) is 43.7 Å². The van der Waals surface area contributed by atoms with Gasteiger partial charge in [0.15, 0.2) is 6.61 Å². The van der Waals surface area contributed by atoms with Gasteiger partial charge in [-0.15, -0.1) is 0 Å². The topological polar surface area (TPSA) is 88.4 Å². The van der Waals surface area contributed by atoms with Crippen LogP contribution in [0.4, 0.5) is 5.69 Å². The molecule has 0 bridgehead atoms. The SMILES string of the molecule is CCOC(=O)COc1ccccc1/C=C(\C#N)C(=O)Nc1cccc(C)c1. The van der Waals surface area contributed by atoms with Gasteiger partial charge in [0.25, 0.3) is 5.91 Å². The molecule has 0 radical (unpaired) electrons. The van der Waals surface area contributed by atoms with E-state index >= 15 is 0 Å². The van der Waals surface area contributed by atoms with Crippen LogP contribution in [0.25, 0.3) is 6.08 Å². The van der Waals surface area contributed by atoms with E-state index in [4.69, 9.17) is 9.47 Å². The molecule has 0 saturated carbocycles. The van der Waals surface area contributed by atoms with Crippen molar-refractivity contribution in [1.82, 2.24) is 0 Å². The second-order valence-corrected chi connectivity index (χ2v) is 5.62. The van der Waals surface area contributed by atoms with Gasteiger partial charge in [0, 0.05) is 11.3 Å². The largest absolute Gasteiger partial charge is 0.481 e. The third-order valence-electron chi connectivity index (χ3n) is 3.51. The number of para-hydroxylation sites is 1. The lowest BCUT2D eigenvalue weighted by molar-refractivity contribution is -0.145. The highest BCUT2D eigenvalue weighted by Crippen LogP contribution is 2.21. The molecule has 1 amide bonds. The molecule has 1 N–H and O–H groups in total. The average molecular weight is 364 g/mol. The number of amides is 1. The molecule has 6 heteroatoms. The predicted molar refractivity (Wildman–Crippen MR) is 102 cm³/mol. The van der Waals surface area contributed by atoms with E-state index < -0.39 is 11.9 Å². The molecule has 0 fully saturated rings. The summed E-state index contributed by atoms with van der Waals surface area (Å²) in [6.45, 7) is 3.63. The summed E-state index contributed by atoms with van der Waals surface area (Å²) in [6, 6.07) is 16.0. The van der Waals surface area contributed by atoms with E-state index in [1.165, 1.54) is 6.08 Å². The van der Waals surface area contributed by atoms with Gasteiger partial charge in [-0.3, -0.25) is 4.79 Å². The maximum atomic E-state index is 12.4. The molecule has 2 rings (SSSR count). The average Bonchev–Trinajstić information content (AvgIpc) is 2.65.